The van der Waals surface area contributed by atoms with Crippen LogP contribution >= 0.6 is 0 Å². The molecule has 106 valence electrons. The molecular weight excluding hydrogens is 240 g/mol. The first-order chi connectivity index (χ1) is 9.17. The average Bonchev–Trinajstić information content (AvgIpc) is 2.43. The number of hydrogen-bond donors (Lipinski definition) is 2. The molecule has 1 rings (SSSR count). The Kier molecular flexibility index (Phi) is 6.97. The number of amides is 2. The Morgan fingerprint density at radius 3 is 2.58 bits per heavy atom. The minimum Gasteiger partial charge on any atom is -0.377 e. The number of benzene rings is 1. The summed E-state index contributed by atoms with van der Waals surface area (Å²) < 4.78 is 5.42. The molecule has 1 atom stereocenters. The third kappa shape index (κ3) is 5.75. The summed E-state index contributed by atoms with van der Waals surface area (Å²) >= 11 is 0. The number of nitrogens with one attached hydrogen (secondary N) is 2. The first-order valence-corrected chi connectivity index (χ1v) is 6.86. The Morgan fingerprint density at radius 1 is 1.26 bits per heavy atom. The van der Waals surface area contributed by atoms with Gasteiger partial charge in [-0.3, -0.25) is 0 Å². The van der Waals surface area contributed by atoms with E-state index in [2.05, 4.69) is 10.6 Å². The molecule has 0 saturated carbocycles. The van der Waals surface area contributed by atoms with Crippen LogP contribution < -0.4 is 10.6 Å². The highest BCUT2D eigenvalue weighted by molar-refractivity contribution is 5.74. The van der Waals surface area contributed by atoms with Crippen LogP contribution in [0.4, 0.5) is 4.79 Å². The van der Waals surface area contributed by atoms with Gasteiger partial charge in [-0.1, -0.05) is 31.2 Å². The van der Waals surface area contributed by atoms with Crippen LogP contribution in [0.1, 0.15) is 38.3 Å². The molecule has 2 amide bonds. The topological polar surface area (TPSA) is 50.4 Å². The summed E-state index contributed by atoms with van der Waals surface area (Å²) in [6, 6.07) is 8.06. The van der Waals surface area contributed by atoms with Gasteiger partial charge in [0, 0.05) is 19.2 Å². The number of hydrogen-bond acceptors (Lipinski definition) is 2. The molecule has 0 saturated heterocycles. The van der Waals surface area contributed by atoms with Crippen molar-refractivity contribution in [1.29, 1.82) is 0 Å². The van der Waals surface area contributed by atoms with Gasteiger partial charge < -0.3 is 15.4 Å². The monoisotopic (exact) mass is 264 g/mol. The Balaban J connectivity index is 2.50. The lowest BCUT2D eigenvalue weighted by molar-refractivity contribution is 0.133. The van der Waals surface area contributed by atoms with Crippen molar-refractivity contribution in [2.75, 3.05) is 6.61 Å². The zero-order chi connectivity index (χ0) is 14.1. The Bertz CT molecular complexity index is 393. The molecule has 1 aromatic carbocycles. The third-order valence-corrected chi connectivity index (χ3v) is 3.01. The summed E-state index contributed by atoms with van der Waals surface area (Å²) in [7, 11) is 0. The van der Waals surface area contributed by atoms with E-state index < -0.39 is 0 Å². The molecule has 1 aromatic rings. The molecule has 2 N–H and O–H groups in total. The van der Waals surface area contributed by atoms with E-state index in [0.29, 0.717) is 19.8 Å². The molecular formula is C15H24N2O2. The van der Waals surface area contributed by atoms with E-state index in [1.165, 1.54) is 0 Å². The highest BCUT2D eigenvalue weighted by Crippen LogP contribution is 2.09. The van der Waals surface area contributed by atoms with Crippen molar-refractivity contribution < 1.29 is 9.53 Å². The van der Waals surface area contributed by atoms with E-state index in [0.717, 1.165) is 17.5 Å². The van der Waals surface area contributed by atoms with Crippen molar-refractivity contribution in [2.24, 2.45) is 0 Å². The lowest BCUT2D eigenvalue weighted by Crippen LogP contribution is -2.40. The van der Waals surface area contributed by atoms with Gasteiger partial charge in [0.1, 0.15) is 0 Å². The van der Waals surface area contributed by atoms with Crippen LogP contribution in [0, 0.1) is 0 Å². The first-order valence-electron chi connectivity index (χ1n) is 6.86. The molecule has 0 aliphatic rings. The summed E-state index contributed by atoms with van der Waals surface area (Å²) in [5.41, 5.74) is 2.21. The summed E-state index contributed by atoms with van der Waals surface area (Å²) in [5, 5.41) is 5.76. The zero-order valence-electron chi connectivity index (χ0n) is 12.0. The number of carbonyl (C=O) groups is 1. The highest BCUT2D eigenvalue weighted by atomic mass is 16.5. The maximum absolute atomic E-state index is 11.7. The second-order valence-corrected chi connectivity index (χ2v) is 4.54. The molecule has 0 heterocycles. The van der Waals surface area contributed by atoms with Crippen LogP contribution in [-0.4, -0.2) is 18.7 Å². The van der Waals surface area contributed by atoms with Crippen LogP contribution in [0.2, 0.25) is 0 Å². The molecule has 19 heavy (non-hydrogen) atoms. The van der Waals surface area contributed by atoms with Gasteiger partial charge in [-0.05, 0) is 31.4 Å². The molecule has 0 radical (unpaired) electrons. The fourth-order valence-corrected chi connectivity index (χ4v) is 1.64. The number of carbonyl (C=O) groups excluding carboxylic acids is 1. The van der Waals surface area contributed by atoms with Gasteiger partial charge >= 0.3 is 6.03 Å². The van der Waals surface area contributed by atoms with E-state index in [9.17, 15) is 4.79 Å². The molecule has 0 aromatic heterocycles. The largest absolute Gasteiger partial charge is 0.377 e. The van der Waals surface area contributed by atoms with Gasteiger partial charge in [0.05, 0.1) is 6.61 Å². The zero-order valence-corrected chi connectivity index (χ0v) is 12.0. The summed E-state index contributed by atoms with van der Waals surface area (Å²) in [5.74, 6) is 0. The quantitative estimate of drug-likeness (QED) is 0.795. The molecule has 0 bridgehead atoms. The van der Waals surface area contributed by atoms with Crippen LogP contribution in [0.5, 0.6) is 0 Å². The van der Waals surface area contributed by atoms with Crippen LogP contribution in [0.15, 0.2) is 24.3 Å². The second kappa shape index (κ2) is 8.53. The fourth-order valence-electron chi connectivity index (χ4n) is 1.64. The van der Waals surface area contributed by atoms with E-state index in [1.54, 1.807) is 0 Å². The number of urea groups is 1. The second-order valence-electron chi connectivity index (χ2n) is 4.54. The smallest absolute Gasteiger partial charge is 0.315 e. The van der Waals surface area contributed by atoms with Crippen molar-refractivity contribution in [3.63, 3.8) is 0 Å². The molecule has 0 aliphatic heterocycles. The van der Waals surface area contributed by atoms with Gasteiger partial charge in [-0.15, -0.1) is 0 Å². The lowest BCUT2D eigenvalue weighted by atomic mass is 10.1. The van der Waals surface area contributed by atoms with E-state index in [1.807, 2.05) is 45.0 Å². The molecule has 1 unspecified atom stereocenters. The number of rotatable bonds is 7. The Hall–Kier alpha value is -1.55. The van der Waals surface area contributed by atoms with Crippen molar-refractivity contribution in [2.45, 2.75) is 46.4 Å². The van der Waals surface area contributed by atoms with Crippen LogP contribution in [-0.2, 0) is 17.9 Å². The Morgan fingerprint density at radius 2 is 1.95 bits per heavy atom. The maximum Gasteiger partial charge on any atom is 0.315 e. The van der Waals surface area contributed by atoms with Crippen LogP contribution in [0.3, 0.4) is 0 Å². The standard InChI is InChI=1S/C15H24N2O2/c1-4-12(3)17-15(18)16-10-13-8-6-7-9-14(13)11-19-5-2/h6-9,12H,4-5,10-11H2,1-3H3,(H2,16,17,18). The van der Waals surface area contributed by atoms with E-state index >= 15 is 0 Å². The lowest BCUT2D eigenvalue weighted by Gasteiger charge is -2.14. The molecule has 4 heteroatoms. The third-order valence-electron chi connectivity index (χ3n) is 3.01. The molecule has 4 nitrogen and oxygen atoms in total. The van der Waals surface area contributed by atoms with Gasteiger partial charge in [-0.2, -0.15) is 0 Å². The molecule has 0 spiro atoms. The SMILES string of the molecule is CCOCc1ccccc1CNC(=O)NC(C)CC. The molecule has 0 fully saturated rings. The van der Waals surface area contributed by atoms with Crippen LogP contribution in [0.25, 0.3) is 0 Å². The average molecular weight is 264 g/mol. The van der Waals surface area contributed by atoms with Gasteiger partial charge in [-0.25, -0.2) is 4.79 Å². The molecule has 0 aliphatic carbocycles. The minimum atomic E-state index is -0.124. The van der Waals surface area contributed by atoms with Gasteiger partial charge in [0.25, 0.3) is 0 Å². The first kappa shape index (κ1) is 15.5. The van der Waals surface area contributed by atoms with E-state index in [4.69, 9.17) is 4.74 Å². The van der Waals surface area contributed by atoms with Crippen molar-refractivity contribution in [3.8, 4) is 0 Å². The summed E-state index contributed by atoms with van der Waals surface area (Å²) in [4.78, 5) is 11.7. The van der Waals surface area contributed by atoms with Crippen molar-refractivity contribution >= 4 is 6.03 Å². The Labute approximate surface area is 115 Å². The van der Waals surface area contributed by atoms with E-state index in [-0.39, 0.29) is 12.1 Å². The number of ether oxygens (including phenoxy) is 1. The summed E-state index contributed by atoms with van der Waals surface area (Å²) in [6.45, 7) is 7.80. The predicted octanol–water partition coefficient (Wildman–Crippen LogP) is 2.82. The van der Waals surface area contributed by atoms with Gasteiger partial charge in [0.2, 0.25) is 0 Å². The van der Waals surface area contributed by atoms with Crippen molar-refractivity contribution in [3.05, 3.63) is 35.4 Å². The van der Waals surface area contributed by atoms with Crippen molar-refractivity contribution in [1.82, 2.24) is 10.6 Å². The fraction of sp³-hybridized carbons (Fsp3) is 0.533. The van der Waals surface area contributed by atoms with Gasteiger partial charge in [0.15, 0.2) is 0 Å². The maximum atomic E-state index is 11.7. The predicted molar refractivity (Wildman–Crippen MR) is 76.9 cm³/mol. The summed E-state index contributed by atoms with van der Waals surface area (Å²) in [6.07, 6.45) is 0.925. The normalized spacial score (nSPS) is 11.9. The minimum absolute atomic E-state index is 0.124. The highest BCUT2D eigenvalue weighted by Gasteiger charge is 2.06.